The molecule has 5 nitrogen and oxygen atoms in total. The number of amides is 1. The van der Waals surface area contributed by atoms with E-state index in [1.807, 2.05) is 11.0 Å². The first-order valence-corrected chi connectivity index (χ1v) is 8.62. The number of aromatic nitrogens is 1. The van der Waals surface area contributed by atoms with Gasteiger partial charge in [0.15, 0.2) is 11.5 Å². The van der Waals surface area contributed by atoms with E-state index in [0.29, 0.717) is 15.8 Å². The molecule has 1 saturated heterocycles. The number of carbonyl (C=O) groups is 1. The van der Waals surface area contributed by atoms with Crippen molar-refractivity contribution >= 4 is 28.8 Å². The zero-order valence-electron chi connectivity index (χ0n) is 12.3. The lowest BCUT2D eigenvalue weighted by molar-refractivity contribution is 0.0681. The molecule has 0 radical (unpaired) electrons. The van der Waals surface area contributed by atoms with E-state index in [4.69, 9.17) is 16.1 Å². The Morgan fingerprint density at radius 2 is 2.45 bits per heavy atom. The smallest absolute Gasteiger partial charge is 0.276 e. The second kappa shape index (κ2) is 6.81. The number of hydrogen-bond donors (Lipinski definition) is 1. The van der Waals surface area contributed by atoms with Gasteiger partial charge in [0.2, 0.25) is 0 Å². The van der Waals surface area contributed by atoms with Crippen molar-refractivity contribution in [3.05, 3.63) is 28.2 Å². The van der Waals surface area contributed by atoms with Gasteiger partial charge in [-0.05, 0) is 31.5 Å². The molecule has 2 aromatic rings. The molecule has 1 fully saturated rings. The molecule has 0 aliphatic carbocycles. The van der Waals surface area contributed by atoms with Gasteiger partial charge in [-0.15, -0.1) is 11.3 Å². The number of halogens is 1. The molecule has 7 heteroatoms. The molecule has 3 heterocycles. The van der Waals surface area contributed by atoms with Gasteiger partial charge in [-0.2, -0.15) is 0 Å². The van der Waals surface area contributed by atoms with Gasteiger partial charge in [0, 0.05) is 25.2 Å². The van der Waals surface area contributed by atoms with Gasteiger partial charge in [-0.3, -0.25) is 4.79 Å². The fourth-order valence-corrected chi connectivity index (χ4v) is 3.67. The number of hydrogen-bond acceptors (Lipinski definition) is 5. The largest absolute Gasteiger partial charge is 0.355 e. The average molecular weight is 340 g/mol. The van der Waals surface area contributed by atoms with Crippen LogP contribution in [0.15, 0.2) is 22.7 Å². The third kappa shape index (κ3) is 3.19. The first-order chi connectivity index (χ1) is 10.7. The van der Waals surface area contributed by atoms with E-state index in [-0.39, 0.29) is 11.9 Å². The van der Waals surface area contributed by atoms with Gasteiger partial charge in [-0.1, -0.05) is 23.7 Å². The van der Waals surface area contributed by atoms with Crippen molar-refractivity contribution in [1.82, 2.24) is 15.4 Å². The Bertz CT molecular complexity index is 649. The monoisotopic (exact) mass is 339 g/mol. The van der Waals surface area contributed by atoms with E-state index in [1.165, 1.54) is 11.3 Å². The fraction of sp³-hybridized carbons (Fsp3) is 0.467. The van der Waals surface area contributed by atoms with E-state index >= 15 is 0 Å². The summed E-state index contributed by atoms with van der Waals surface area (Å²) in [4.78, 5) is 15.5. The molecule has 118 valence electrons. The summed E-state index contributed by atoms with van der Waals surface area (Å²) in [6.45, 7) is 4.61. The molecule has 1 atom stereocenters. The van der Waals surface area contributed by atoms with Crippen LogP contribution in [0, 0.1) is 0 Å². The maximum atomic E-state index is 12.7. The SMILES string of the molecule is CCCN(C(=O)c1cc(-c2ccc(Cl)s2)on1)C1CCNC1. The Morgan fingerprint density at radius 1 is 1.59 bits per heavy atom. The first kappa shape index (κ1) is 15.5. The van der Waals surface area contributed by atoms with Crippen LogP contribution in [0.25, 0.3) is 10.6 Å². The van der Waals surface area contributed by atoms with Gasteiger partial charge in [0.25, 0.3) is 5.91 Å². The fourth-order valence-electron chi connectivity index (χ4n) is 2.68. The third-order valence-corrected chi connectivity index (χ3v) is 4.99. The summed E-state index contributed by atoms with van der Waals surface area (Å²) >= 11 is 7.34. The summed E-state index contributed by atoms with van der Waals surface area (Å²) in [5.41, 5.74) is 0.361. The summed E-state index contributed by atoms with van der Waals surface area (Å²) in [6.07, 6.45) is 1.91. The molecule has 1 aliphatic heterocycles. The van der Waals surface area contributed by atoms with E-state index in [9.17, 15) is 4.79 Å². The van der Waals surface area contributed by atoms with E-state index < -0.39 is 0 Å². The van der Waals surface area contributed by atoms with Crippen LogP contribution in [0.1, 0.15) is 30.3 Å². The average Bonchev–Trinajstić information content (AvgIpc) is 3.24. The molecule has 0 spiro atoms. The highest BCUT2D eigenvalue weighted by Gasteiger charge is 2.28. The summed E-state index contributed by atoms with van der Waals surface area (Å²) in [5, 5.41) is 7.25. The van der Waals surface area contributed by atoms with Crippen LogP contribution in [0.2, 0.25) is 4.34 Å². The quantitative estimate of drug-likeness (QED) is 0.908. The number of rotatable bonds is 5. The molecule has 0 saturated carbocycles. The Balaban J connectivity index is 1.79. The lowest BCUT2D eigenvalue weighted by Crippen LogP contribution is -2.42. The van der Waals surface area contributed by atoms with Gasteiger partial charge in [0.05, 0.1) is 9.21 Å². The van der Waals surface area contributed by atoms with Crippen LogP contribution < -0.4 is 5.32 Å². The minimum absolute atomic E-state index is 0.0618. The normalized spacial score (nSPS) is 17.8. The minimum Gasteiger partial charge on any atom is -0.355 e. The Hall–Kier alpha value is -1.37. The highest BCUT2D eigenvalue weighted by atomic mass is 35.5. The van der Waals surface area contributed by atoms with E-state index in [2.05, 4.69) is 17.4 Å². The lowest BCUT2D eigenvalue weighted by Gasteiger charge is -2.27. The number of thiophene rings is 1. The number of nitrogens with zero attached hydrogens (tertiary/aromatic N) is 2. The molecule has 1 amide bonds. The zero-order chi connectivity index (χ0) is 15.5. The molecule has 0 bridgehead atoms. The van der Waals surface area contributed by atoms with Crippen LogP contribution in [0.4, 0.5) is 0 Å². The molecule has 3 rings (SSSR count). The molecule has 2 aromatic heterocycles. The van der Waals surface area contributed by atoms with Gasteiger partial charge >= 0.3 is 0 Å². The summed E-state index contributed by atoms with van der Waals surface area (Å²) in [7, 11) is 0. The summed E-state index contributed by atoms with van der Waals surface area (Å²) in [6, 6.07) is 5.62. The lowest BCUT2D eigenvalue weighted by atomic mass is 10.2. The van der Waals surface area contributed by atoms with Crippen LogP contribution in [-0.4, -0.2) is 41.6 Å². The predicted octanol–water partition coefficient (Wildman–Crippen LogP) is 3.27. The van der Waals surface area contributed by atoms with Crippen molar-refractivity contribution in [2.75, 3.05) is 19.6 Å². The maximum Gasteiger partial charge on any atom is 0.276 e. The van der Waals surface area contributed by atoms with Gasteiger partial charge in [-0.25, -0.2) is 0 Å². The summed E-state index contributed by atoms with van der Waals surface area (Å²) in [5.74, 6) is 0.523. The Kier molecular flexibility index (Phi) is 4.81. The standard InChI is InChI=1S/C15H18ClN3O2S/c1-2-7-19(10-5-6-17-9-10)15(20)11-8-12(21-18-11)13-3-4-14(16)22-13/h3-4,8,10,17H,2,5-7,9H2,1H3. The van der Waals surface area contributed by atoms with E-state index in [1.54, 1.807) is 12.1 Å². The van der Waals surface area contributed by atoms with Crippen molar-refractivity contribution < 1.29 is 9.32 Å². The molecule has 0 aromatic carbocycles. The van der Waals surface area contributed by atoms with Crippen LogP contribution >= 0.6 is 22.9 Å². The van der Waals surface area contributed by atoms with E-state index in [0.717, 1.165) is 37.4 Å². The minimum atomic E-state index is -0.0618. The predicted molar refractivity (Wildman–Crippen MR) is 87.4 cm³/mol. The second-order valence-corrected chi connectivity index (χ2v) is 7.04. The van der Waals surface area contributed by atoms with Crippen molar-refractivity contribution in [2.24, 2.45) is 0 Å². The maximum absolute atomic E-state index is 12.7. The number of nitrogens with one attached hydrogen (secondary N) is 1. The van der Waals surface area contributed by atoms with Crippen LogP contribution in [-0.2, 0) is 0 Å². The van der Waals surface area contributed by atoms with Crippen LogP contribution in [0.3, 0.4) is 0 Å². The zero-order valence-corrected chi connectivity index (χ0v) is 13.9. The molecule has 1 N–H and O–H groups in total. The highest BCUT2D eigenvalue weighted by Crippen LogP contribution is 2.31. The van der Waals surface area contributed by atoms with Crippen molar-refractivity contribution in [1.29, 1.82) is 0 Å². The molecule has 1 aliphatic rings. The Morgan fingerprint density at radius 3 is 3.09 bits per heavy atom. The van der Waals surface area contributed by atoms with Crippen molar-refractivity contribution in [2.45, 2.75) is 25.8 Å². The van der Waals surface area contributed by atoms with Crippen molar-refractivity contribution in [3.8, 4) is 10.6 Å². The first-order valence-electron chi connectivity index (χ1n) is 7.43. The molecular formula is C15H18ClN3O2S. The summed E-state index contributed by atoms with van der Waals surface area (Å²) < 4.78 is 6.00. The topological polar surface area (TPSA) is 58.4 Å². The second-order valence-electron chi connectivity index (χ2n) is 5.33. The van der Waals surface area contributed by atoms with Crippen molar-refractivity contribution in [3.63, 3.8) is 0 Å². The number of carbonyl (C=O) groups excluding carboxylic acids is 1. The molecular weight excluding hydrogens is 322 g/mol. The van der Waals surface area contributed by atoms with Gasteiger partial charge in [0.1, 0.15) is 0 Å². The Labute approximate surface area is 138 Å². The highest BCUT2D eigenvalue weighted by molar-refractivity contribution is 7.19. The molecule has 22 heavy (non-hydrogen) atoms. The molecule has 1 unspecified atom stereocenters. The van der Waals surface area contributed by atoms with Gasteiger partial charge < -0.3 is 14.7 Å². The van der Waals surface area contributed by atoms with Crippen LogP contribution in [0.5, 0.6) is 0 Å². The third-order valence-electron chi connectivity index (χ3n) is 3.75.